The van der Waals surface area contributed by atoms with Gasteiger partial charge in [0.05, 0.1) is 29.3 Å². The van der Waals surface area contributed by atoms with E-state index in [1.165, 1.54) is 11.8 Å². The highest BCUT2D eigenvalue weighted by molar-refractivity contribution is 8.14. The molecular weight excluding hydrogens is 453 g/mol. The smallest absolute Gasteiger partial charge is 0.234 e. The number of sulfone groups is 1. The average Bonchev–Trinajstić information content (AvgIpc) is 3.11. The summed E-state index contributed by atoms with van der Waals surface area (Å²) in [5, 5.41) is 4.51. The fraction of sp³-hybridized carbons (Fsp3) is 0.263. The van der Waals surface area contributed by atoms with Crippen molar-refractivity contribution in [3.63, 3.8) is 0 Å². The molecule has 0 radical (unpaired) electrons. The second-order valence-electron chi connectivity index (χ2n) is 6.82. The maximum atomic E-state index is 12.4. The van der Waals surface area contributed by atoms with E-state index in [2.05, 4.69) is 10.3 Å². The Hall–Kier alpha value is -1.74. The number of halogens is 2. The highest BCUT2D eigenvalue weighted by Gasteiger charge is 2.47. The van der Waals surface area contributed by atoms with Crippen LogP contribution in [-0.4, -0.2) is 48.8 Å². The molecular formula is C19H17Cl2N3O3S2. The number of anilines is 2. The van der Waals surface area contributed by atoms with E-state index in [1.54, 1.807) is 36.4 Å². The summed E-state index contributed by atoms with van der Waals surface area (Å²) in [7, 11) is -3.14. The number of fused-ring (bicyclic) bond motifs is 1. The van der Waals surface area contributed by atoms with Crippen molar-refractivity contribution in [1.82, 2.24) is 0 Å². The number of aliphatic imine (C=N–C) groups is 1. The molecule has 1 amide bonds. The molecule has 152 valence electrons. The maximum absolute atomic E-state index is 12.4. The van der Waals surface area contributed by atoms with Crippen molar-refractivity contribution in [2.24, 2.45) is 4.99 Å². The number of carbonyl (C=O) groups is 1. The zero-order valence-electron chi connectivity index (χ0n) is 15.1. The normalized spacial score (nSPS) is 22.3. The summed E-state index contributed by atoms with van der Waals surface area (Å²) in [6, 6.07) is 13.5. The van der Waals surface area contributed by atoms with Gasteiger partial charge in [-0.2, -0.15) is 0 Å². The highest BCUT2D eigenvalue weighted by Crippen LogP contribution is 2.36. The molecule has 1 saturated heterocycles. The van der Waals surface area contributed by atoms with Crippen LogP contribution < -0.4 is 10.2 Å². The average molecular weight is 470 g/mol. The first kappa shape index (κ1) is 20.5. The quantitative estimate of drug-likeness (QED) is 0.737. The lowest BCUT2D eigenvalue weighted by Crippen LogP contribution is -2.39. The number of benzene rings is 2. The van der Waals surface area contributed by atoms with Gasteiger partial charge in [0.25, 0.3) is 0 Å². The van der Waals surface area contributed by atoms with Gasteiger partial charge in [0.1, 0.15) is 0 Å². The molecule has 2 aromatic carbocycles. The Bertz CT molecular complexity index is 1090. The number of carbonyl (C=O) groups excluding carboxylic acids is 1. The van der Waals surface area contributed by atoms with Gasteiger partial charge in [0, 0.05) is 21.4 Å². The predicted molar refractivity (Wildman–Crippen MR) is 120 cm³/mol. The van der Waals surface area contributed by atoms with Gasteiger partial charge >= 0.3 is 0 Å². The lowest BCUT2D eigenvalue weighted by atomic mass is 10.1. The lowest BCUT2D eigenvalue weighted by molar-refractivity contribution is -0.113. The molecule has 6 nitrogen and oxygen atoms in total. The molecule has 0 aliphatic carbocycles. The summed E-state index contributed by atoms with van der Waals surface area (Å²) in [5.41, 5.74) is 1.38. The van der Waals surface area contributed by atoms with Crippen LogP contribution in [0.15, 0.2) is 53.5 Å². The molecule has 2 heterocycles. The van der Waals surface area contributed by atoms with Crippen LogP contribution in [0, 0.1) is 0 Å². The van der Waals surface area contributed by atoms with E-state index in [9.17, 15) is 13.2 Å². The Kier molecular flexibility index (Phi) is 5.79. The third-order valence-electron chi connectivity index (χ3n) is 4.63. The van der Waals surface area contributed by atoms with Crippen molar-refractivity contribution in [1.29, 1.82) is 0 Å². The van der Waals surface area contributed by atoms with Gasteiger partial charge in [0.15, 0.2) is 15.0 Å². The van der Waals surface area contributed by atoms with E-state index in [0.29, 0.717) is 20.9 Å². The number of nitrogens with zero attached hydrogens (tertiary/aromatic N) is 2. The monoisotopic (exact) mass is 469 g/mol. The number of hydrogen-bond donors (Lipinski definition) is 1. The van der Waals surface area contributed by atoms with E-state index in [-0.39, 0.29) is 35.2 Å². The molecule has 2 aromatic rings. The van der Waals surface area contributed by atoms with Crippen LogP contribution in [0.3, 0.4) is 0 Å². The van der Waals surface area contributed by atoms with E-state index < -0.39 is 9.84 Å². The maximum Gasteiger partial charge on any atom is 0.234 e. The largest absolute Gasteiger partial charge is 0.325 e. The van der Waals surface area contributed by atoms with E-state index >= 15 is 0 Å². The third kappa shape index (κ3) is 4.71. The molecule has 10 heteroatoms. The fourth-order valence-electron chi connectivity index (χ4n) is 3.45. The number of thioether (sulfide) groups is 1. The van der Waals surface area contributed by atoms with Gasteiger partial charge in [0.2, 0.25) is 5.91 Å². The van der Waals surface area contributed by atoms with Crippen molar-refractivity contribution in [3.05, 3.63) is 58.6 Å². The van der Waals surface area contributed by atoms with Crippen molar-refractivity contribution in [2.75, 3.05) is 27.5 Å². The first-order valence-electron chi connectivity index (χ1n) is 8.82. The van der Waals surface area contributed by atoms with Crippen LogP contribution in [0.25, 0.3) is 0 Å². The van der Waals surface area contributed by atoms with E-state index in [4.69, 9.17) is 23.2 Å². The number of amides is 1. The Morgan fingerprint density at radius 2 is 1.86 bits per heavy atom. The molecule has 2 aliphatic heterocycles. The Morgan fingerprint density at radius 1 is 1.14 bits per heavy atom. The van der Waals surface area contributed by atoms with Gasteiger partial charge in [-0.25, -0.2) is 8.42 Å². The molecule has 29 heavy (non-hydrogen) atoms. The predicted octanol–water partition coefficient (Wildman–Crippen LogP) is 3.71. The van der Waals surface area contributed by atoms with Crippen LogP contribution in [0.5, 0.6) is 0 Å². The Morgan fingerprint density at radius 3 is 2.59 bits per heavy atom. The van der Waals surface area contributed by atoms with Crippen LogP contribution in [0.2, 0.25) is 10.0 Å². The molecule has 4 rings (SSSR count). The molecule has 1 N–H and O–H groups in total. The van der Waals surface area contributed by atoms with Crippen molar-refractivity contribution < 1.29 is 13.2 Å². The molecule has 2 atom stereocenters. The zero-order valence-corrected chi connectivity index (χ0v) is 18.2. The fourth-order valence-corrected chi connectivity index (χ4v) is 6.60. The first-order valence-corrected chi connectivity index (χ1v) is 12.4. The molecule has 0 spiro atoms. The molecule has 0 bridgehead atoms. The van der Waals surface area contributed by atoms with E-state index in [1.807, 2.05) is 17.0 Å². The topological polar surface area (TPSA) is 78.8 Å². The number of rotatable bonds is 4. The molecule has 0 unspecified atom stereocenters. The van der Waals surface area contributed by atoms with Gasteiger partial charge in [-0.15, -0.1) is 0 Å². The van der Waals surface area contributed by atoms with Crippen LogP contribution in [-0.2, 0) is 14.6 Å². The molecule has 2 aliphatic rings. The Labute approximate surface area is 183 Å². The van der Waals surface area contributed by atoms with Crippen LogP contribution in [0.4, 0.5) is 11.4 Å². The second-order valence-corrected chi connectivity index (χ2v) is 10.8. The summed E-state index contributed by atoms with van der Waals surface area (Å²) >= 11 is 13.4. The second kappa shape index (κ2) is 8.18. The minimum atomic E-state index is -3.14. The lowest BCUT2D eigenvalue weighted by Gasteiger charge is -2.26. The molecule has 0 saturated carbocycles. The summed E-state index contributed by atoms with van der Waals surface area (Å²) < 4.78 is 24.2. The standard InChI is InChI=1S/C19H17Cl2N3O3S2/c20-12-3-1-5-14(7-12)22-18(25)9-28-19-23-16-10-29(26,27)11-17(16)24(19)15-6-2-4-13(21)8-15/h1-8,16-17H,9-11H2,(H,22,25)/t16-,17+/m1/s1. The van der Waals surface area contributed by atoms with Gasteiger partial charge < -0.3 is 10.2 Å². The van der Waals surface area contributed by atoms with E-state index in [0.717, 1.165) is 5.69 Å². The van der Waals surface area contributed by atoms with Gasteiger partial charge in [-0.05, 0) is 36.4 Å². The molecule has 1 fully saturated rings. The molecule has 0 aromatic heterocycles. The summed E-state index contributed by atoms with van der Waals surface area (Å²) in [6.07, 6.45) is 0. The van der Waals surface area contributed by atoms with Gasteiger partial charge in [-0.1, -0.05) is 47.1 Å². The Balaban J connectivity index is 1.51. The minimum Gasteiger partial charge on any atom is -0.325 e. The van der Waals surface area contributed by atoms with Crippen molar-refractivity contribution in [2.45, 2.75) is 12.1 Å². The number of nitrogens with one attached hydrogen (secondary N) is 1. The van der Waals surface area contributed by atoms with Crippen molar-refractivity contribution >= 4 is 67.3 Å². The number of amidine groups is 1. The SMILES string of the molecule is O=C(CSC1=N[C@@H]2CS(=O)(=O)C[C@@H]2N1c1cccc(Cl)c1)Nc1cccc(Cl)c1. The number of hydrogen-bond acceptors (Lipinski definition) is 6. The first-order chi connectivity index (χ1) is 13.8. The summed E-state index contributed by atoms with van der Waals surface area (Å²) in [6.45, 7) is 0. The minimum absolute atomic E-state index is 0.0213. The third-order valence-corrected chi connectivity index (χ3v) is 7.77. The summed E-state index contributed by atoms with van der Waals surface area (Å²) in [4.78, 5) is 18.9. The van der Waals surface area contributed by atoms with Crippen LogP contribution >= 0.6 is 35.0 Å². The summed E-state index contributed by atoms with van der Waals surface area (Å²) in [5.74, 6) is -0.00939. The van der Waals surface area contributed by atoms with Crippen molar-refractivity contribution in [3.8, 4) is 0 Å². The van der Waals surface area contributed by atoms with Gasteiger partial charge in [-0.3, -0.25) is 9.79 Å². The van der Waals surface area contributed by atoms with Crippen LogP contribution in [0.1, 0.15) is 0 Å². The highest BCUT2D eigenvalue weighted by atomic mass is 35.5. The zero-order chi connectivity index (χ0) is 20.6.